The van der Waals surface area contributed by atoms with E-state index in [1.54, 1.807) is 0 Å². The summed E-state index contributed by atoms with van der Waals surface area (Å²) in [5.74, 6) is -0.0411. The first-order chi connectivity index (χ1) is 15.0. The van der Waals surface area contributed by atoms with E-state index in [1.165, 1.54) is 17.7 Å². The third-order valence-electron chi connectivity index (χ3n) is 4.99. The molecule has 1 fully saturated rings. The summed E-state index contributed by atoms with van der Waals surface area (Å²) in [5.41, 5.74) is 7.02. The molecule has 0 aliphatic carbocycles. The van der Waals surface area contributed by atoms with E-state index in [1.807, 2.05) is 36.0 Å². The van der Waals surface area contributed by atoms with Crippen LogP contribution in [0.4, 0.5) is 20.2 Å². The third-order valence-corrected chi connectivity index (χ3v) is 5.93. The Bertz CT molecular complexity index is 1070. The fourth-order valence-electron chi connectivity index (χ4n) is 3.40. The lowest BCUT2D eigenvalue weighted by Crippen LogP contribution is -2.31. The molecule has 31 heavy (non-hydrogen) atoms. The van der Waals surface area contributed by atoms with Gasteiger partial charge in [-0.25, -0.2) is 8.78 Å². The zero-order chi connectivity index (χ0) is 21.8. The van der Waals surface area contributed by atoms with Gasteiger partial charge in [-0.2, -0.15) is 11.8 Å². The summed E-state index contributed by atoms with van der Waals surface area (Å²) >= 11 is 1.97. The number of nitrogens with one attached hydrogen (secondary N) is 1. The molecule has 3 aromatic rings. The Kier molecular flexibility index (Phi) is 6.43. The first-order valence-corrected chi connectivity index (χ1v) is 10.9. The minimum absolute atomic E-state index is 0.0392. The molecule has 9 heteroatoms. The molecule has 0 unspecified atom stereocenters. The smallest absolute Gasteiger partial charge is 0.271 e. The van der Waals surface area contributed by atoms with Crippen LogP contribution in [0.1, 0.15) is 16.1 Å². The van der Waals surface area contributed by atoms with Gasteiger partial charge in [0.2, 0.25) is 0 Å². The highest BCUT2D eigenvalue weighted by Crippen LogP contribution is 2.28. The molecular weight excluding hydrogens is 420 g/mol. The van der Waals surface area contributed by atoms with Crippen LogP contribution in [0.5, 0.6) is 0 Å². The number of hydrogen-bond acceptors (Lipinski definition) is 6. The van der Waals surface area contributed by atoms with E-state index in [-0.39, 0.29) is 22.6 Å². The Morgan fingerprint density at radius 3 is 2.39 bits per heavy atom. The summed E-state index contributed by atoms with van der Waals surface area (Å²) in [5, 5.41) is 10.7. The summed E-state index contributed by atoms with van der Waals surface area (Å²) in [7, 11) is 0. The Morgan fingerprint density at radius 1 is 1.06 bits per heavy atom. The number of nitrogens with zero attached hydrogens (tertiary/aromatic N) is 3. The van der Waals surface area contributed by atoms with Crippen LogP contribution in [-0.2, 0) is 6.54 Å². The number of primary amides is 1. The van der Waals surface area contributed by atoms with Gasteiger partial charge in [0.1, 0.15) is 17.3 Å². The number of rotatable bonds is 6. The maximum Gasteiger partial charge on any atom is 0.271 e. The van der Waals surface area contributed by atoms with E-state index in [9.17, 15) is 13.6 Å². The molecule has 1 saturated heterocycles. The maximum atomic E-state index is 14.2. The van der Waals surface area contributed by atoms with Crippen LogP contribution in [0.25, 0.3) is 11.3 Å². The lowest BCUT2D eigenvalue weighted by molar-refractivity contribution is 0.0995. The normalized spacial score (nSPS) is 14.4. The summed E-state index contributed by atoms with van der Waals surface area (Å²) in [4.78, 5) is 14.2. The Hall–Kier alpha value is -3.04. The van der Waals surface area contributed by atoms with Crippen LogP contribution in [0, 0.1) is 11.6 Å². The standard InChI is InChI=1S/C22H21F2N5OS/c23-16-2-1-3-17(24)20(16)18-12-19(21(22(25)30)28-27-18)26-15-6-4-14(5-7-15)13-29-8-10-31-11-9-29/h1-7,12H,8-11,13H2,(H2,25,30)(H,26,27). The van der Waals surface area contributed by atoms with Gasteiger partial charge in [-0.15, -0.1) is 10.2 Å². The molecule has 0 saturated carbocycles. The molecule has 2 heterocycles. The average molecular weight is 442 g/mol. The van der Waals surface area contributed by atoms with Crippen molar-refractivity contribution >= 4 is 29.0 Å². The average Bonchev–Trinajstić information content (AvgIpc) is 2.76. The van der Waals surface area contributed by atoms with E-state index < -0.39 is 17.5 Å². The van der Waals surface area contributed by atoms with Gasteiger partial charge in [0.05, 0.1) is 11.3 Å². The molecule has 160 valence electrons. The second-order valence-corrected chi connectivity index (χ2v) is 8.39. The number of halogens is 2. The summed E-state index contributed by atoms with van der Waals surface area (Å²) < 4.78 is 28.3. The number of anilines is 2. The fraction of sp³-hybridized carbons (Fsp3) is 0.227. The minimum atomic E-state index is -0.796. The van der Waals surface area contributed by atoms with Gasteiger partial charge < -0.3 is 11.1 Å². The fourth-order valence-corrected chi connectivity index (χ4v) is 4.38. The lowest BCUT2D eigenvalue weighted by atomic mass is 10.1. The van der Waals surface area contributed by atoms with Crippen LogP contribution < -0.4 is 11.1 Å². The molecular formula is C22H21F2N5OS. The highest BCUT2D eigenvalue weighted by molar-refractivity contribution is 7.99. The molecule has 2 aromatic carbocycles. The van der Waals surface area contributed by atoms with Gasteiger partial charge >= 0.3 is 0 Å². The number of carbonyl (C=O) groups excluding carboxylic acids is 1. The molecule has 0 spiro atoms. The van der Waals surface area contributed by atoms with E-state index in [2.05, 4.69) is 20.4 Å². The molecule has 0 bridgehead atoms. The van der Waals surface area contributed by atoms with Crippen molar-refractivity contribution in [2.24, 2.45) is 5.73 Å². The number of nitrogens with two attached hydrogens (primary N) is 1. The van der Waals surface area contributed by atoms with Crippen LogP contribution in [0.3, 0.4) is 0 Å². The van der Waals surface area contributed by atoms with Crippen molar-refractivity contribution in [3.63, 3.8) is 0 Å². The van der Waals surface area contributed by atoms with Crippen LogP contribution in [-0.4, -0.2) is 45.6 Å². The molecule has 1 aliphatic rings. The molecule has 0 radical (unpaired) electrons. The van der Waals surface area contributed by atoms with Crippen LogP contribution in [0.2, 0.25) is 0 Å². The lowest BCUT2D eigenvalue weighted by Gasteiger charge is -2.26. The van der Waals surface area contributed by atoms with Crippen LogP contribution >= 0.6 is 11.8 Å². The summed E-state index contributed by atoms with van der Waals surface area (Å²) in [6.45, 7) is 3.02. The molecule has 3 N–H and O–H groups in total. The van der Waals surface area contributed by atoms with E-state index in [4.69, 9.17) is 5.73 Å². The van der Waals surface area contributed by atoms with Crippen molar-refractivity contribution in [3.05, 3.63) is 71.4 Å². The topological polar surface area (TPSA) is 84.1 Å². The third kappa shape index (κ3) is 5.00. The van der Waals surface area contributed by atoms with Gasteiger partial charge in [-0.1, -0.05) is 18.2 Å². The molecule has 1 aliphatic heterocycles. The van der Waals surface area contributed by atoms with Crippen molar-refractivity contribution in [1.82, 2.24) is 15.1 Å². The largest absolute Gasteiger partial charge is 0.364 e. The predicted molar refractivity (Wildman–Crippen MR) is 118 cm³/mol. The quantitative estimate of drug-likeness (QED) is 0.605. The van der Waals surface area contributed by atoms with Crippen molar-refractivity contribution in [2.75, 3.05) is 29.9 Å². The minimum Gasteiger partial charge on any atom is -0.364 e. The zero-order valence-electron chi connectivity index (χ0n) is 16.6. The molecule has 1 amide bonds. The number of amides is 1. The Balaban J connectivity index is 1.58. The highest BCUT2D eigenvalue weighted by atomic mass is 32.2. The van der Waals surface area contributed by atoms with Crippen molar-refractivity contribution in [3.8, 4) is 11.3 Å². The van der Waals surface area contributed by atoms with Crippen LogP contribution in [0.15, 0.2) is 48.5 Å². The second-order valence-electron chi connectivity index (χ2n) is 7.16. The number of thioether (sulfide) groups is 1. The second kappa shape index (κ2) is 9.40. The first kappa shape index (κ1) is 21.2. The highest BCUT2D eigenvalue weighted by Gasteiger charge is 2.18. The number of benzene rings is 2. The maximum absolute atomic E-state index is 14.2. The van der Waals surface area contributed by atoms with Crippen molar-refractivity contribution in [2.45, 2.75) is 6.54 Å². The van der Waals surface area contributed by atoms with Gasteiger partial charge in [0.25, 0.3) is 5.91 Å². The summed E-state index contributed by atoms with van der Waals surface area (Å²) in [6.07, 6.45) is 0. The van der Waals surface area contributed by atoms with Gasteiger partial charge in [-0.3, -0.25) is 9.69 Å². The van der Waals surface area contributed by atoms with E-state index >= 15 is 0 Å². The Morgan fingerprint density at radius 2 is 1.74 bits per heavy atom. The predicted octanol–water partition coefficient (Wildman–Crippen LogP) is 3.81. The van der Waals surface area contributed by atoms with E-state index in [0.717, 1.165) is 43.3 Å². The van der Waals surface area contributed by atoms with Gasteiger partial charge in [0.15, 0.2) is 5.69 Å². The summed E-state index contributed by atoms with van der Waals surface area (Å²) in [6, 6.07) is 12.7. The first-order valence-electron chi connectivity index (χ1n) is 9.79. The SMILES string of the molecule is NC(=O)c1nnc(-c2c(F)cccc2F)cc1Nc1ccc(CN2CCSCC2)cc1. The van der Waals surface area contributed by atoms with Crippen molar-refractivity contribution in [1.29, 1.82) is 0 Å². The molecule has 6 nitrogen and oxygen atoms in total. The molecule has 4 rings (SSSR count). The van der Waals surface area contributed by atoms with Gasteiger partial charge in [0, 0.05) is 36.8 Å². The molecule has 1 aromatic heterocycles. The molecule has 0 atom stereocenters. The number of carbonyl (C=O) groups is 1. The Labute approximate surface area is 182 Å². The van der Waals surface area contributed by atoms with Gasteiger partial charge in [-0.05, 0) is 35.9 Å². The number of hydrogen-bond donors (Lipinski definition) is 2. The number of aromatic nitrogens is 2. The zero-order valence-corrected chi connectivity index (χ0v) is 17.5. The monoisotopic (exact) mass is 441 g/mol. The van der Waals surface area contributed by atoms with Crippen molar-refractivity contribution < 1.29 is 13.6 Å². The van der Waals surface area contributed by atoms with E-state index in [0.29, 0.717) is 5.69 Å².